The van der Waals surface area contributed by atoms with Crippen molar-refractivity contribution in [3.8, 4) is 0 Å². The van der Waals surface area contributed by atoms with Crippen LogP contribution in [0.15, 0.2) is 24.3 Å². The van der Waals surface area contributed by atoms with Crippen LogP contribution in [0.1, 0.15) is 12.0 Å². The van der Waals surface area contributed by atoms with Crippen molar-refractivity contribution in [1.29, 1.82) is 0 Å². The summed E-state index contributed by atoms with van der Waals surface area (Å²) in [5.74, 6) is 0. The number of rotatable bonds is 2. The van der Waals surface area contributed by atoms with Gasteiger partial charge in [0.1, 0.15) is 19.6 Å². The lowest BCUT2D eigenvalue weighted by molar-refractivity contribution is -1.11. The fraction of sp³-hybridized carbons (Fsp3) is 0.538. The predicted molar refractivity (Wildman–Crippen MR) is 76.8 cm³/mol. The second kappa shape index (κ2) is 5.65. The number of nitrogens with zero attached hydrogens (tertiary/aromatic N) is 2. The van der Waals surface area contributed by atoms with Crippen molar-refractivity contribution in [3.63, 3.8) is 0 Å². The lowest BCUT2D eigenvalue weighted by atomic mass is 10.2. The molecule has 1 aliphatic heterocycles. The molecule has 1 N–H and O–H groups in total. The van der Waals surface area contributed by atoms with E-state index >= 15 is 0 Å². The molecule has 1 heterocycles. The van der Waals surface area contributed by atoms with Gasteiger partial charge in [-0.25, -0.2) is 5.21 Å². The van der Waals surface area contributed by atoms with Gasteiger partial charge in [-0.1, -0.05) is 12.1 Å². The summed E-state index contributed by atoms with van der Waals surface area (Å²) < 4.78 is 1.43. The van der Waals surface area contributed by atoms with Crippen LogP contribution in [0.5, 0.6) is 0 Å². The third kappa shape index (κ3) is 3.91. The van der Waals surface area contributed by atoms with E-state index in [0.717, 1.165) is 39.1 Å². The Balaban J connectivity index is 2.03. The molecule has 0 amide bonds. The standard InChI is InChI=1S/C13H20IN2O/c1-15-7-2-9-16(17,10-8-15)11-12-3-5-13(14)6-4-12/h3-6,17H,2,7-11H2,1H3/q+1. The highest BCUT2D eigenvalue weighted by Gasteiger charge is 2.28. The summed E-state index contributed by atoms with van der Waals surface area (Å²) in [4.78, 5) is 2.30. The van der Waals surface area contributed by atoms with Crippen LogP contribution in [-0.2, 0) is 6.54 Å². The Labute approximate surface area is 117 Å². The van der Waals surface area contributed by atoms with Crippen LogP contribution in [-0.4, -0.2) is 48.0 Å². The van der Waals surface area contributed by atoms with Crippen molar-refractivity contribution in [2.24, 2.45) is 0 Å². The van der Waals surface area contributed by atoms with Crippen LogP contribution < -0.4 is 0 Å². The van der Waals surface area contributed by atoms with Gasteiger partial charge in [0.25, 0.3) is 0 Å². The van der Waals surface area contributed by atoms with Crippen LogP contribution in [0.4, 0.5) is 0 Å². The molecule has 94 valence electrons. The first-order chi connectivity index (χ1) is 8.07. The second-order valence-electron chi connectivity index (χ2n) is 4.98. The van der Waals surface area contributed by atoms with Crippen LogP contribution in [0, 0.1) is 3.57 Å². The summed E-state index contributed by atoms with van der Waals surface area (Å²) in [6.07, 6.45) is 1.07. The van der Waals surface area contributed by atoms with Crippen molar-refractivity contribution in [2.75, 3.05) is 33.2 Å². The Kier molecular flexibility index (Phi) is 4.41. The maximum absolute atomic E-state index is 10.6. The maximum atomic E-state index is 10.6. The Morgan fingerprint density at radius 2 is 1.94 bits per heavy atom. The Hall–Kier alpha value is -0.170. The third-order valence-corrected chi connectivity index (χ3v) is 4.12. The Morgan fingerprint density at radius 1 is 1.24 bits per heavy atom. The van der Waals surface area contributed by atoms with Gasteiger partial charge in [-0.05, 0) is 41.8 Å². The van der Waals surface area contributed by atoms with E-state index < -0.39 is 0 Å². The minimum Gasteiger partial charge on any atom is -0.301 e. The molecule has 2 rings (SSSR count). The first-order valence-electron chi connectivity index (χ1n) is 6.09. The highest BCUT2D eigenvalue weighted by molar-refractivity contribution is 14.1. The molecule has 1 aromatic rings. The first-order valence-corrected chi connectivity index (χ1v) is 7.17. The van der Waals surface area contributed by atoms with Gasteiger partial charge in [0.05, 0.1) is 6.54 Å². The number of likely N-dealkylation sites (N-methyl/N-ethyl adjacent to an activating group) is 1. The van der Waals surface area contributed by atoms with Crippen LogP contribution >= 0.6 is 22.6 Å². The van der Waals surface area contributed by atoms with Gasteiger partial charge in [0, 0.05) is 22.1 Å². The molecule has 0 aromatic heterocycles. The number of hydroxylamine groups is 3. The molecule has 0 spiro atoms. The first kappa shape index (κ1) is 13.3. The molecule has 1 saturated heterocycles. The van der Waals surface area contributed by atoms with E-state index in [0.29, 0.717) is 0 Å². The molecule has 1 aliphatic rings. The van der Waals surface area contributed by atoms with Crippen molar-refractivity contribution in [2.45, 2.75) is 13.0 Å². The van der Waals surface area contributed by atoms with Crippen molar-refractivity contribution in [1.82, 2.24) is 4.90 Å². The smallest absolute Gasteiger partial charge is 0.134 e. The normalized spacial score (nSPS) is 26.8. The van der Waals surface area contributed by atoms with E-state index in [1.54, 1.807) is 0 Å². The highest BCUT2D eigenvalue weighted by Crippen LogP contribution is 2.16. The molecule has 1 unspecified atom stereocenters. The minimum absolute atomic E-state index is 0.185. The minimum atomic E-state index is 0.185. The topological polar surface area (TPSA) is 23.5 Å². The summed E-state index contributed by atoms with van der Waals surface area (Å²) in [7, 11) is 2.13. The zero-order valence-electron chi connectivity index (χ0n) is 10.3. The van der Waals surface area contributed by atoms with Crippen molar-refractivity contribution >= 4 is 22.6 Å². The summed E-state index contributed by atoms with van der Waals surface area (Å²) >= 11 is 2.31. The number of hydrogen-bond acceptors (Lipinski definition) is 2. The predicted octanol–water partition coefficient (Wildman–Crippen LogP) is 2.33. The van der Waals surface area contributed by atoms with Crippen molar-refractivity contribution in [3.05, 3.63) is 33.4 Å². The average molecular weight is 347 g/mol. The van der Waals surface area contributed by atoms with Crippen LogP contribution in [0.2, 0.25) is 0 Å². The molecule has 17 heavy (non-hydrogen) atoms. The van der Waals surface area contributed by atoms with Gasteiger partial charge in [-0.3, -0.25) is 0 Å². The summed E-state index contributed by atoms with van der Waals surface area (Å²) in [5.41, 5.74) is 1.22. The molecular weight excluding hydrogens is 327 g/mol. The zero-order valence-corrected chi connectivity index (χ0v) is 12.4. The van der Waals surface area contributed by atoms with Gasteiger partial charge in [0.2, 0.25) is 0 Å². The number of halogens is 1. The second-order valence-corrected chi connectivity index (χ2v) is 6.23. The maximum Gasteiger partial charge on any atom is 0.134 e. The Bertz CT molecular complexity index is 368. The van der Waals surface area contributed by atoms with E-state index in [2.05, 4.69) is 58.8 Å². The van der Waals surface area contributed by atoms with E-state index in [1.807, 2.05) is 0 Å². The summed E-state index contributed by atoms with van der Waals surface area (Å²) in [6, 6.07) is 8.44. The molecule has 0 bridgehead atoms. The lowest BCUT2D eigenvalue weighted by Gasteiger charge is -2.28. The fourth-order valence-electron chi connectivity index (χ4n) is 2.30. The zero-order chi connectivity index (χ0) is 12.3. The monoisotopic (exact) mass is 347 g/mol. The molecule has 0 aliphatic carbocycles. The Morgan fingerprint density at radius 3 is 2.65 bits per heavy atom. The molecular formula is C13H20IN2O+. The van der Waals surface area contributed by atoms with Gasteiger partial charge < -0.3 is 4.90 Å². The molecule has 1 atom stereocenters. The number of hydrogen-bond donors (Lipinski definition) is 1. The number of benzene rings is 1. The molecule has 0 radical (unpaired) electrons. The van der Waals surface area contributed by atoms with Gasteiger partial charge >= 0.3 is 0 Å². The molecule has 1 aromatic carbocycles. The van der Waals surface area contributed by atoms with E-state index in [4.69, 9.17) is 0 Å². The summed E-state index contributed by atoms with van der Waals surface area (Å²) in [5, 5.41) is 10.6. The molecule has 1 fully saturated rings. The molecule has 3 nitrogen and oxygen atoms in total. The molecule has 4 heteroatoms. The lowest BCUT2D eigenvalue weighted by Crippen LogP contribution is -2.46. The van der Waals surface area contributed by atoms with Crippen molar-refractivity contribution < 1.29 is 9.85 Å². The average Bonchev–Trinajstić information content (AvgIpc) is 2.45. The van der Waals surface area contributed by atoms with Gasteiger partial charge in [-0.15, -0.1) is 0 Å². The third-order valence-electron chi connectivity index (χ3n) is 3.40. The quantitative estimate of drug-likeness (QED) is 0.656. The number of quaternary nitrogens is 1. The van der Waals surface area contributed by atoms with Gasteiger partial charge in [0.15, 0.2) is 0 Å². The fourth-order valence-corrected chi connectivity index (χ4v) is 2.66. The largest absolute Gasteiger partial charge is 0.301 e. The van der Waals surface area contributed by atoms with E-state index in [9.17, 15) is 5.21 Å². The SMILES string of the molecule is CN1CCC[N+](O)(Cc2ccc(I)cc2)CC1. The molecule has 0 saturated carbocycles. The van der Waals surface area contributed by atoms with E-state index in [1.165, 1.54) is 9.13 Å². The van der Waals surface area contributed by atoms with E-state index in [-0.39, 0.29) is 4.65 Å². The van der Waals surface area contributed by atoms with Crippen LogP contribution in [0.3, 0.4) is 0 Å². The summed E-state index contributed by atoms with van der Waals surface area (Å²) in [6.45, 7) is 4.47. The van der Waals surface area contributed by atoms with Crippen LogP contribution in [0.25, 0.3) is 0 Å². The highest BCUT2D eigenvalue weighted by atomic mass is 127. The van der Waals surface area contributed by atoms with Gasteiger partial charge in [-0.2, -0.15) is 4.65 Å².